The van der Waals surface area contributed by atoms with Crippen LogP contribution in [-0.2, 0) is 21.3 Å². The lowest BCUT2D eigenvalue weighted by molar-refractivity contribution is -0.0770. The second kappa shape index (κ2) is 8.03. The maximum Gasteiger partial charge on any atom is 0.240 e. The van der Waals surface area contributed by atoms with Gasteiger partial charge in [0.05, 0.1) is 10.5 Å². The Balaban J connectivity index is 1.54. The van der Waals surface area contributed by atoms with Crippen LogP contribution in [0, 0.1) is 11.7 Å². The molecule has 31 heavy (non-hydrogen) atoms. The highest BCUT2D eigenvalue weighted by atomic mass is 35.5. The van der Waals surface area contributed by atoms with Gasteiger partial charge in [-0.05, 0) is 62.1 Å². The molecule has 168 valence electrons. The molecule has 8 heteroatoms. The highest BCUT2D eigenvalue weighted by Crippen LogP contribution is 2.55. The minimum Gasteiger partial charge on any atom is -0.487 e. The maximum atomic E-state index is 13.1. The highest BCUT2D eigenvalue weighted by molar-refractivity contribution is 7.89. The van der Waals surface area contributed by atoms with Crippen molar-refractivity contribution >= 4 is 21.6 Å². The maximum absolute atomic E-state index is 13.1. The van der Waals surface area contributed by atoms with Gasteiger partial charge >= 0.3 is 0 Å². The quantitative estimate of drug-likeness (QED) is 0.617. The van der Waals surface area contributed by atoms with Crippen LogP contribution in [0.1, 0.15) is 45.6 Å². The van der Waals surface area contributed by atoms with E-state index in [1.54, 1.807) is 18.2 Å². The van der Waals surface area contributed by atoms with Crippen LogP contribution in [0.2, 0.25) is 5.02 Å². The average molecular weight is 468 g/mol. The summed E-state index contributed by atoms with van der Waals surface area (Å²) < 4.78 is 53.8. The Hall–Kier alpha value is -1.67. The zero-order chi connectivity index (χ0) is 22.4. The molecule has 3 atom stereocenters. The van der Waals surface area contributed by atoms with Crippen LogP contribution in [0.4, 0.5) is 4.39 Å². The number of fused-ring (bicyclic) bond motifs is 2. The van der Waals surface area contributed by atoms with E-state index < -0.39 is 15.8 Å². The van der Waals surface area contributed by atoms with Gasteiger partial charge in [-0.3, -0.25) is 0 Å². The van der Waals surface area contributed by atoms with Gasteiger partial charge in [-0.1, -0.05) is 31.5 Å². The minimum absolute atomic E-state index is 0.0173. The molecule has 0 spiro atoms. The first-order valence-corrected chi connectivity index (χ1v) is 12.3. The van der Waals surface area contributed by atoms with E-state index in [0.29, 0.717) is 22.3 Å². The Morgan fingerprint density at radius 1 is 1.23 bits per heavy atom. The summed E-state index contributed by atoms with van der Waals surface area (Å²) in [5.41, 5.74) is -0.000360. The Kier molecular flexibility index (Phi) is 5.83. The summed E-state index contributed by atoms with van der Waals surface area (Å²) in [6.45, 7) is 6.37. The number of hydrogen-bond donors (Lipinski definition) is 1. The van der Waals surface area contributed by atoms with Gasteiger partial charge in [-0.15, -0.1) is 0 Å². The molecule has 0 aromatic heterocycles. The first-order chi connectivity index (χ1) is 14.5. The molecule has 2 heterocycles. The van der Waals surface area contributed by atoms with Gasteiger partial charge in [-0.2, -0.15) is 0 Å². The van der Waals surface area contributed by atoms with E-state index in [-0.39, 0.29) is 28.7 Å². The van der Waals surface area contributed by atoms with Crippen molar-refractivity contribution in [1.29, 1.82) is 0 Å². The third kappa shape index (κ3) is 4.21. The van der Waals surface area contributed by atoms with Crippen LogP contribution in [0.25, 0.3) is 0 Å². The van der Waals surface area contributed by atoms with Crippen molar-refractivity contribution in [1.82, 2.24) is 4.72 Å². The van der Waals surface area contributed by atoms with Crippen LogP contribution in [0.3, 0.4) is 0 Å². The van der Waals surface area contributed by atoms with E-state index in [4.69, 9.17) is 21.1 Å². The van der Waals surface area contributed by atoms with Gasteiger partial charge in [0.2, 0.25) is 10.0 Å². The van der Waals surface area contributed by atoms with Crippen molar-refractivity contribution < 1.29 is 22.3 Å². The largest absolute Gasteiger partial charge is 0.487 e. The first kappa shape index (κ1) is 22.5. The molecule has 2 saturated heterocycles. The normalized spacial score (nSPS) is 27.7. The topological polar surface area (TPSA) is 64.6 Å². The van der Waals surface area contributed by atoms with Gasteiger partial charge < -0.3 is 9.47 Å². The van der Waals surface area contributed by atoms with Gasteiger partial charge in [0.1, 0.15) is 23.3 Å². The lowest BCUT2D eigenvalue weighted by Gasteiger charge is -2.32. The van der Waals surface area contributed by atoms with E-state index in [1.165, 1.54) is 12.1 Å². The van der Waals surface area contributed by atoms with E-state index >= 15 is 0 Å². The van der Waals surface area contributed by atoms with Gasteiger partial charge in [0, 0.05) is 23.6 Å². The van der Waals surface area contributed by atoms with E-state index in [9.17, 15) is 12.8 Å². The lowest BCUT2D eigenvalue weighted by atomic mass is 9.75. The molecule has 0 amide bonds. The summed E-state index contributed by atoms with van der Waals surface area (Å²) in [4.78, 5) is -0.0173. The summed E-state index contributed by atoms with van der Waals surface area (Å²) in [6.07, 6.45) is 2.58. The Morgan fingerprint density at radius 3 is 2.58 bits per heavy atom. The third-order valence-electron chi connectivity index (χ3n) is 6.65. The second-order valence-corrected chi connectivity index (χ2v) is 11.1. The Labute approximate surface area is 187 Å². The second-order valence-electron chi connectivity index (χ2n) is 8.94. The van der Waals surface area contributed by atoms with E-state index in [2.05, 4.69) is 25.5 Å². The molecule has 4 rings (SSSR count). The molecular formula is C23H27ClFNO4S. The number of hydrogen-bond acceptors (Lipinski definition) is 4. The van der Waals surface area contributed by atoms with Crippen LogP contribution >= 0.6 is 11.6 Å². The molecule has 2 bridgehead atoms. The zero-order valence-corrected chi connectivity index (χ0v) is 19.4. The molecule has 0 unspecified atom stereocenters. The monoisotopic (exact) mass is 467 g/mol. The number of sulfonamides is 1. The number of rotatable bonds is 7. The smallest absolute Gasteiger partial charge is 0.240 e. The van der Waals surface area contributed by atoms with Crippen LogP contribution < -0.4 is 9.46 Å². The summed E-state index contributed by atoms with van der Waals surface area (Å²) in [5, 5.41) is 0.409. The van der Waals surface area contributed by atoms with Gasteiger partial charge in [0.25, 0.3) is 0 Å². The fraction of sp³-hybridized carbons (Fsp3) is 0.478. The number of ether oxygens (including phenoxy) is 2. The molecule has 2 aromatic rings. The van der Waals surface area contributed by atoms with Gasteiger partial charge in [-0.25, -0.2) is 17.5 Å². The van der Waals surface area contributed by atoms with Crippen molar-refractivity contribution in [2.24, 2.45) is 5.92 Å². The number of halogens is 2. The van der Waals surface area contributed by atoms with Crippen molar-refractivity contribution in [2.45, 2.75) is 68.8 Å². The molecule has 2 fully saturated rings. The number of nitrogens with one attached hydrogen (secondary N) is 1. The average Bonchev–Trinajstić information content (AvgIpc) is 3.20. The molecule has 2 aliphatic rings. The zero-order valence-electron chi connectivity index (χ0n) is 17.8. The molecule has 1 N–H and O–H groups in total. The van der Waals surface area contributed by atoms with Crippen molar-refractivity contribution in [2.75, 3.05) is 0 Å². The van der Waals surface area contributed by atoms with Crippen LogP contribution in [-0.4, -0.2) is 25.7 Å². The van der Waals surface area contributed by atoms with Crippen LogP contribution in [0.15, 0.2) is 47.4 Å². The SMILES string of the molecule is CC(C)[C@]12CC[C@](C)(O1)[C@@H](Oc1cccc(Cl)c1CNS(=O)(=O)c1ccc(F)cc1)C2. The highest BCUT2D eigenvalue weighted by Gasteiger charge is 2.61. The minimum atomic E-state index is -3.83. The molecule has 2 aliphatic heterocycles. The standard InChI is InChI=1S/C23H27ClFNO4S/c1-15(2)23-12-11-22(3,30-23)21(13-23)29-20-6-4-5-19(24)18(20)14-26-31(27,28)17-9-7-16(25)8-10-17/h4-10,15,21,26H,11-14H2,1-3H3/t21-,22-,23+/m0/s1. The molecule has 0 radical (unpaired) electrons. The van der Waals surface area contributed by atoms with Crippen molar-refractivity contribution in [3.05, 3.63) is 58.9 Å². The summed E-state index contributed by atoms with van der Waals surface area (Å²) in [7, 11) is -3.83. The Morgan fingerprint density at radius 2 is 1.94 bits per heavy atom. The fourth-order valence-corrected chi connectivity index (χ4v) is 5.80. The van der Waals surface area contributed by atoms with Gasteiger partial charge in [0.15, 0.2) is 0 Å². The van der Waals surface area contributed by atoms with Crippen molar-refractivity contribution in [3.8, 4) is 5.75 Å². The summed E-state index contributed by atoms with van der Waals surface area (Å²) in [6, 6.07) is 9.94. The van der Waals surface area contributed by atoms with E-state index in [1.807, 2.05) is 0 Å². The van der Waals surface area contributed by atoms with Crippen molar-refractivity contribution in [3.63, 3.8) is 0 Å². The molecule has 5 nitrogen and oxygen atoms in total. The molecule has 0 aliphatic carbocycles. The summed E-state index contributed by atoms with van der Waals surface area (Å²) in [5.74, 6) is 0.418. The molecule has 0 saturated carbocycles. The molecule has 2 aromatic carbocycles. The van der Waals surface area contributed by atoms with E-state index in [0.717, 1.165) is 31.4 Å². The van der Waals surface area contributed by atoms with Crippen LogP contribution in [0.5, 0.6) is 5.75 Å². The fourth-order valence-electron chi connectivity index (χ4n) is 4.57. The lowest BCUT2D eigenvalue weighted by Crippen LogP contribution is -2.40. The third-order valence-corrected chi connectivity index (χ3v) is 8.42. The predicted molar refractivity (Wildman–Crippen MR) is 117 cm³/mol. The Bertz CT molecular complexity index is 1080. The number of benzene rings is 2. The predicted octanol–water partition coefficient (Wildman–Crippen LogP) is 5.07. The summed E-state index contributed by atoms with van der Waals surface area (Å²) >= 11 is 6.41. The first-order valence-electron chi connectivity index (χ1n) is 10.4. The molecular weight excluding hydrogens is 441 g/mol.